The molecule has 0 radical (unpaired) electrons. The van der Waals surface area contributed by atoms with Gasteiger partial charge in [-0.25, -0.2) is 0 Å². The Labute approximate surface area is 72.7 Å². The molecule has 1 fully saturated rings. The molecule has 4 nitrogen and oxygen atoms in total. The minimum atomic E-state index is -0.330. The summed E-state index contributed by atoms with van der Waals surface area (Å²) in [5, 5.41) is 0. The number of carbonyl (C=O) groups is 1. The minimum absolute atomic E-state index is 0.0563. The smallest absolute Gasteiger partial charge is 0.239 e. The number of hydrogen-bond donors (Lipinski definition) is 1. The zero-order valence-corrected chi connectivity index (χ0v) is 7.45. The van der Waals surface area contributed by atoms with Crippen molar-refractivity contribution in [3.63, 3.8) is 0 Å². The molecule has 1 aliphatic heterocycles. The van der Waals surface area contributed by atoms with Gasteiger partial charge in [-0.1, -0.05) is 6.92 Å². The van der Waals surface area contributed by atoms with Crippen LogP contribution in [0.4, 0.5) is 0 Å². The van der Waals surface area contributed by atoms with Gasteiger partial charge in [0.05, 0.1) is 19.3 Å². The van der Waals surface area contributed by atoms with Gasteiger partial charge in [0.25, 0.3) is 0 Å². The van der Waals surface area contributed by atoms with E-state index in [1.54, 1.807) is 4.90 Å². The largest absolute Gasteiger partial charge is 0.378 e. The Bertz CT molecular complexity index is 155. The van der Waals surface area contributed by atoms with Gasteiger partial charge in [-0.05, 0) is 6.42 Å². The standard InChI is InChI=1S/C8H16N2O2/c1-2-7(9)8(11)10-3-5-12-6-4-10/h7H,2-6,9H2,1H3/t7-/m1/s1. The fourth-order valence-corrected chi connectivity index (χ4v) is 1.19. The predicted octanol–water partition coefficient (Wildman–Crippen LogP) is -0.417. The van der Waals surface area contributed by atoms with Crippen LogP contribution in [0.3, 0.4) is 0 Å². The van der Waals surface area contributed by atoms with Crippen molar-refractivity contribution < 1.29 is 9.53 Å². The zero-order valence-electron chi connectivity index (χ0n) is 7.45. The molecule has 70 valence electrons. The average molecular weight is 172 g/mol. The summed E-state index contributed by atoms with van der Waals surface area (Å²) >= 11 is 0. The van der Waals surface area contributed by atoms with Crippen molar-refractivity contribution in [2.24, 2.45) is 5.73 Å². The maximum absolute atomic E-state index is 11.5. The van der Waals surface area contributed by atoms with Crippen LogP contribution in [0.25, 0.3) is 0 Å². The van der Waals surface area contributed by atoms with Crippen molar-refractivity contribution in [3.8, 4) is 0 Å². The van der Waals surface area contributed by atoms with Gasteiger partial charge in [-0.3, -0.25) is 4.79 Å². The summed E-state index contributed by atoms with van der Waals surface area (Å²) in [7, 11) is 0. The van der Waals surface area contributed by atoms with E-state index in [0.717, 1.165) is 0 Å². The molecule has 0 spiro atoms. The SMILES string of the molecule is CC[C@@H](N)C(=O)N1CCOCC1. The van der Waals surface area contributed by atoms with Crippen LogP contribution in [-0.2, 0) is 9.53 Å². The quantitative estimate of drug-likeness (QED) is 0.615. The normalized spacial score (nSPS) is 20.7. The molecule has 0 unspecified atom stereocenters. The number of nitrogens with two attached hydrogens (primary N) is 1. The molecule has 1 heterocycles. The third kappa shape index (κ3) is 2.19. The number of ether oxygens (including phenoxy) is 1. The summed E-state index contributed by atoms with van der Waals surface area (Å²) in [6.45, 7) is 4.58. The van der Waals surface area contributed by atoms with E-state index >= 15 is 0 Å². The van der Waals surface area contributed by atoms with Gasteiger partial charge in [0.1, 0.15) is 0 Å². The van der Waals surface area contributed by atoms with Crippen LogP contribution in [0, 0.1) is 0 Å². The van der Waals surface area contributed by atoms with Gasteiger partial charge in [-0.2, -0.15) is 0 Å². The summed E-state index contributed by atoms with van der Waals surface area (Å²) in [5.41, 5.74) is 5.62. The van der Waals surface area contributed by atoms with Crippen molar-refractivity contribution in [1.29, 1.82) is 0 Å². The summed E-state index contributed by atoms with van der Waals surface area (Å²) < 4.78 is 5.13. The fourth-order valence-electron chi connectivity index (χ4n) is 1.19. The van der Waals surface area contributed by atoms with E-state index < -0.39 is 0 Å². The third-order valence-corrected chi connectivity index (χ3v) is 2.08. The number of nitrogens with zero attached hydrogens (tertiary/aromatic N) is 1. The molecule has 0 bridgehead atoms. The van der Waals surface area contributed by atoms with E-state index in [0.29, 0.717) is 32.7 Å². The van der Waals surface area contributed by atoms with Crippen LogP contribution >= 0.6 is 0 Å². The molecule has 1 rings (SSSR count). The molecule has 4 heteroatoms. The van der Waals surface area contributed by atoms with Gasteiger partial charge >= 0.3 is 0 Å². The van der Waals surface area contributed by atoms with Crippen molar-refractivity contribution in [2.45, 2.75) is 19.4 Å². The first-order valence-corrected chi connectivity index (χ1v) is 4.37. The highest BCUT2D eigenvalue weighted by Crippen LogP contribution is 2.00. The molecule has 0 aromatic heterocycles. The Morgan fingerprint density at radius 3 is 2.67 bits per heavy atom. The second-order valence-electron chi connectivity index (χ2n) is 2.95. The lowest BCUT2D eigenvalue weighted by Gasteiger charge is -2.28. The molecule has 0 aromatic carbocycles. The van der Waals surface area contributed by atoms with Crippen molar-refractivity contribution in [1.82, 2.24) is 4.90 Å². The van der Waals surface area contributed by atoms with Gasteiger partial charge in [-0.15, -0.1) is 0 Å². The van der Waals surface area contributed by atoms with E-state index in [1.165, 1.54) is 0 Å². The lowest BCUT2D eigenvalue weighted by Crippen LogP contribution is -2.48. The maximum Gasteiger partial charge on any atom is 0.239 e. The first-order valence-electron chi connectivity index (χ1n) is 4.37. The third-order valence-electron chi connectivity index (χ3n) is 2.08. The van der Waals surface area contributed by atoms with E-state index in [9.17, 15) is 4.79 Å². The molecular weight excluding hydrogens is 156 g/mol. The maximum atomic E-state index is 11.5. The number of amides is 1. The molecule has 1 saturated heterocycles. The molecule has 0 aromatic rings. The van der Waals surface area contributed by atoms with Gasteiger partial charge < -0.3 is 15.4 Å². The lowest BCUT2D eigenvalue weighted by atomic mass is 10.2. The fraction of sp³-hybridized carbons (Fsp3) is 0.875. The predicted molar refractivity (Wildman–Crippen MR) is 45.7 cm³/mol. The molecule has 12 heavy (non-hydrogen) atoms. The molecule has 2 N–H and O–H groups in total. The average Bonchev–Trinajstić information content (AvgIpc) is 2.17. The first kappa shape index (κ1) is 9.48. The Hall–Kier alpha value is -0.610. The van der Waals surface area contributed by atoms with Crippen LogP contribution in [0.2, 0.25) is 0 Å². The highest BCUT2D eigenvalue weighted by atomic mass is 16.5. The topological polar surface area (TPSA) is 55.6 Å². The lowest BCUT2D eigenvalue weighted by molar-refractivity contribution is -0.136. The van der Waals surface area contributed by atoms with Crippen LogP contribution in [0.15, 0.2) is 0 Å². The van der Waals surface area contributed by atoms with E-state index in [2.05, 4.69) is 0 Å². The second-order valence-corrected chi connectivity index (χ2v) is 2.95. The molecule has 1 atom stereocenters. The number of morpholine rings is 1. The van der Waals surface area contributed by atoms with Crippen LogP contribution in [0.5, 0.6) is 0 Å². The summed E-state index contributed by atoms with van der Waals surface area (Å²) in [6, 6.07) is -0.330. The molecule has 1 amide bonds. The highest BCUT2D eigenvalue weighted by molar-refractivity contribution is 5.81. The van der Waals surface area contributed by atoms with Crippen LogP contribution in [0.1, 0.15) is 13.3 Å². The van der Waals surface area contributed by atoms with E-state index in [-0.39, 0.29) is 11.9 Å². The zero-order chi connectivity index (χ0) is 8.97. The van der Waals surface area contributed by atoms with Crippen LogP contribution in [-0.4, -0.2) is 43.2 Å². The minimum Gasteiger partial charge on any atom is -0.378 e. The Balaban J connectivity index is 2.39. The monoisotopic (exact) mass is 172 g/mol. The Kier molecular flexibility index (Phi) is 3.49. The van der Waals surface area contributed by atoms with E-state index in [4.69, 9.17) is 10.5 Å². The molecule has 0 aliphatic carbocycles. The Morgan fingerprint density at radius 2 is 2.17 bits per heavy atom. The summed E-state index contributed by atoms with van der Waals surface area (Å²) in [4.78, 5) is 13.2. The van der Waals surface area contributed by atoms with Crippen molar-refractivity contribution in [2.75, 3.05) is 26.3 Å². The summed E-state index contributed by atoms with van der Waals surface area (Å²) in [6.07, 6.45) is 0.705. The second kappa shape index (κ2) is 4.42. The van der Waals surface area contributed by atoms with Gasteiger partial charge in [0, 0.05) is 13.1 Å². The van der Waals surface area contributed by atoms with Crippen molar-refractivity contribution in [3.05, 3.63) is 0 Å². The highest BCUT2D eigenvalue weighted by Gasteiger charge is 2.20. The number of carbonyl (C=O) groups excluding carboxylic acids is 1. The van der Waals surface area contributed by atoms with Gasteiger partial charge in [0.15, 0.2) is 0 Å². The van der Waals surface area contributed by atoms with Crippen molar-refractivity contribution >= 4 is 5.91 Å². The molecular formula is C8H16N2O2. The number of hydrogen-bond acceptors (Lipinski definition) is 3. The van der Waals surface area contributed by atoms with Crippen LogP contribution < -0.4 is 5.73 Å². The van der Waals surface area contributed by atoms with Gasteiger partial charge in [0.2, 0.25) is 5.91 Å². The first-order chi connectivity index (χ1) is 5.75. The Morgan fingerprint density at radius 1 is 1.58 bits per heavy atom. The number of rotatable bonds is 2. The molecule has 1 aliphatic rings. The summed E-state index contributed by atoms with van der Waals surface area (Å²) in [5.74, 6) is 0.0563. The molecule has 0 saturated carbocycles. The van der Waals surface area contributed by atoms with E-state index in [1.807, 2.05) is 6.92 Å².